The van der Waals surface area contributed by atoms with Gasteiger partial charge in [-0.15, -0.1) is 12.4 Å². The zero-order chi connectivity index (χ0) is 28.6. The van der Waals surface area contributed by atoms with Crippen LogP contribution in [-0.2, 0) is 17.1 Å². The number of amides is 1. The van der Waals surface area contributed by atoms with E-state index in [-0.39, 0.29) is 23.3 Å². The second kappa shape index (κ2) is 11.4. The lowest BCUT2D eigenvalue weighted by Crippen LogP contribution is -2.14. The molecule has 12 nitrogen and oxygen atoms in total. The molecule has 0 saturated heterocycles. The van der Waals surface area contributed by atoms with Crippen molar-refractivity contribution in [3.05, 3.63) is 78.5 Å². The number of fused-ring (bicyclic) bond motifs is 1. The van der Waals surface area contributed by atoms with Crippen LogP contribution in [0.15, 0.2) is 77.8 Å². The Labute approximate surface area is 242 Å². The van der Waals surface area contributed by atoms with Crippen LogP contribution in [0.5, 0.6) is 0 Å². The van der Waals surface area contributed by atoms with Crippen molar-refractivity contribution in [1.29, 1.82) is 0 Å². The molecule has 3 aromatic carbocycles. The van der Waals surface area contributed by atoms with Crippen LogP contribution in [0.2, 0.25) is 0 Å². The number of benzene rings is 3. The molecule has 5 N–H and O–H groups in total. The molecule has 0 radical (unpaired) electrons. The normalized spacial score (nSPS) is 11.1. The molecule has 41 heavy (non-hydrogen) atoms. The maximum atomic E-state index is 11.9. The van der Waals surface area contributed by atoms with Crippen molar-refractivity contribution in [2.75, 3.05) is 22.6 Å². The smallest absolute Gasteiger partial charge is 0.409 e. The number of para-hydroxylation sites is 1. The molecular formula is C27H27ClN8O4S. The maximum absolute atomic E-state index is 11.9. The van der Waals surface area contributed by atoms with Crippen molar-refractivity contribution >= 4 is 68.4 Å². The summed E-state index contributed by atoms with van der Waals surface area (Å²) in [6, 6.07) is 19.4. The van der Waals surface area contributed by atoms with Crippen molar-refractivity contribution in [3.8, 4) is 11.4 Å². The predicted octanol–water partition coefficient (Wildman–Crippen LogP) is 5.01. The lowest BCUT2D eigenvalue weighted by Gasteiger charge is -2.19. The van der Waals surface area contributed by atoms with Gasteiger partial charge in [-0.3, -0.25) is 5.32 Å². The van der Waals surface area contributed by atoms with Gasteiger partial charge in [0.1, 0.15) is 11.6 Å². The fourth-order valence-electron chi connectivity index (χ4n) is 4.38. The van der Waals surface area contributed by atoms with Gasteiger partial charge in [0.2, 0.25) is 16.0 Å². The van der Waals surface area contributed by atoms with E-state index in [1.807, 2.05) is 53.9 Å². The van der Waals surface area contributed by atoms with Gasteiger partial charge < -0.3 is 19.9 Å². The Kier molecular flexibility index (Phi) is 8.14. The molecule has 0 aliphatic rings. The fraction of sp³-hybridized carbons (Fsp3) is 0.111. The zero-order valence-corrected chi connectivity index (χ0v) is 23.9. The van der Waals surface area contributed by atoms with Gasteiger partial charge in [0.15, 0.2) is 0 Å². The maximum Gasteiger partial charge on any atom is 0.409 e. The van der Waals surface area contributed by atoms with Gasteiger partial charge in [0, 0.05) is 37.2 Å². The van der Waals surface area contributed by atoms with Gasteiger partial charge in [0.05, 0.1) is 21.6 Å². The molecule has 0 aliphatic carbocycles. The minimum absolute atomic E-state index is 0. The largest absolute Gasteiger partial charge is 0.465 e. The van der Waals surface area contributed by atoms with E-state index >= 15 is 0 Å². The third-order valence-corrected chi connectivity index (χ3v) is 7.45. The molecule has 1 amide bonds. The SMILES string of the molecule is Cc1ccc(Nc2nccc(N(C)c3ccc4c(c3)nc(-c3ccccc3NC(=O)O)n4C)n2)cc1S(N)(=O)=O.Cl. The van der Waals surface area contributed by atoms with E-state index in [9.17, 15) is 18.3 Å². The van der Waals surface area contributed by atoms with Gasteiger partial charge >= 0.3 is 6.09 Å². The predicted molar refractivity (Wildman–Crippen MR) is 161 cm³/mol. The molecule has 0 fully saturated rings. The molecule has 0 spiro atoms. The topological polar surface area (TPSA) is 168 Å². The van der Waals surface area contributed by atoms with E-state index in [2.05, 4.69) is 20.6 Å². The first kappa shape index (κ1) is 29.3. The number of imidazole rings is 1. The van der Waals surface area contributed by atoms with Crippen molar-refractivity contribution in [2.45, 2.75) is 11.8 Å². The number of halogens is 1. The first-order chi connectivity index (χ1) is 19.0. The number of hydrogen-bond acceptors (Lipinski definition) is 8. The third-order valence-electron chi connectivity index (χ3n) is 6.40. The number of aromatic nitrogens is 4. The number of primary sulfonamides is 1. The summed E-state index contributed by atoms with van der Waals surface area (Å²) in [6.07, 6.45) is 0.445. The summed E-state index contributed by atoms with van der Waals surface area (Å²) in [6.45, 7) is 1.67. The molecule has 2 aromatic heterocycles. The second-order valence-electron chi connectivity index (χ2n) is 9.09. The van der Waals surface area contributed by atoms with E-state index in [1.165, 1.54) is 6.07 Å². The lowest BCUT2D eigenvalue weighted by molar-refractivity contribution is 0.210. The molecule has 5 rings (SSSR count). The van der Waals surface area contributed by atoms with Crippen LogP contribution in [0.3, 0.4) is 0 Å². The Balaban J connectivity index is 0.00000387. The van der Waals surface area contributed by atoms with Gasteiger partial charge in [-0.2, -0.15) is 4.98 Å². The van der Waals surface area contributed by atoms with Gasteiger partial charge in [-0.25, -0.2) is 28.3 Å². The zero-order valence-electron chi connectivity index (χ0n) is 22.2. The van der Waals surface area contributed by atoms with Crippen LogP contribution in [0.25, 0.3) is 22.4 Å². The molecule has 14 heteroatoms. The monoisotopic (exact) mass is 594 g/mol. The number of carboxylic acid groups (broad SMARTS) is 1. The summed E-state index contributed by atoms with van der Waals surface area (Å²) in [4.78, 5) is 26.8. The summed E-state index contributed by atoms with van der Waals surface area (Å²) in [5.41, 5.74) is 4.52. The highest BCUT2D eigenvalue weighted by atomic mass is 35.5. The Morgan fingerprint density at radius 2 is 1.80 bits per heavy atom. The first-order valence-electron chi connectivity index (χ1n) is 12.0. The summed E-state index contributed by atoms with van der Waals surface area (Å²) in [7, 11) is -0.147. The van der Waals surface area contributed by atoms with Crippen LogP contribution in [0.4, 0.5) is 33.6 Å². The summed E-state index contributed by atoms with van der Waals surface area (Å²) >= 11 is 0. The summed E-state index contributed by atoms with van der Waals surface area (Å²) in [5.74, 6) is 1.48. The number of nitrogens with one attached hydrogen (secondary N) is 2. The summed E-state index contributed by atoms with van der Waals surface area (Å²) in [5, 5.41) is 20.0. The Hall–Kier alpha value is -4.72. The molecule has 0 atom stereocenters. The molecule has 0 bridgehead atoms. The lowest BCUT2D eigenvalue weighted by atomic mass is 10.1. The number of anilines is 5. The second-order valence-corrected chi connectivity index (χ2v) is 10.6. The number of sulfonamides is 1. The Morgan fingerprint density at radius 1 is 1.05 bits per heavy atom. The van der Waals surface area contributed by atoms with E-state index in [1.54, 1.807) is 43.5 Å². The highest BCUT2D eigenvalue weighted by Gasteiger charge is 2.17. The van der Waals surface area contributed by atoms with Crippen LogP contribution >= 0.6 is 12.4 Å². The minimum Gasteiger partial charge on any atom is -0.465 e. The van der Waals surface area contributed by atoms with E-state index in [4.69, 9.17) is 10.1 Å². The van der Waals surface area contributed by atoms with Crippen LogP contribution < -0.4 is 20.7 Å². The van der Waals surface area contributed by atoms with Gasteiger partial charge in [-0.1, -0.05) is 18.2 Å². The van der Waals surface area contributed by atoms with E-state index < -0.39 is 16.1 Å². The Morgan fingerprint density at radius 3 is 2.54 bits per heavy atom. The molecule has 212 valence electrons. The molecule has 0 saturated carbocycles. The first-order valence-corrected chi connectivity index (χ1v) is 13.6. The van der Waals surface area contributed by atoms with Crippen LogP contribution in [0.1, 0.15) is 5.56 Å². The number of aryl methyl sites for hydroxylation is 2. The number of rotatable bonds is 7. The molecular weight excluding hydrogens is 568 g/mol. The van der Waals surface area contributed by atoms with Crippen LogP contribution in [0, 0.1) is 6.92 Å². The molecule has 0 unspecified atom stereocenters. The highest BCUT2D eigenvalue weighted by Crippen LogP contribution is 2.32. The van der Waals surface area contributed by atoms with Crippen molar-refractivity contribution < 1.29 is 18.3 Å². The minimum atomic E-state index is -3.88. The van der Waals surface area contributed by atoms with Crippen molar-refractivity contribution in [3.63, 3.8) is 0 Å². The summed E-state index contributed by atoms with van der Waals surface area (Å²) < 4.78 is 25.7. The van der Waals surface area contributed by atoms with Gasteiger partial charge in [0.25, 0.3) is 0 Å². The fourth-order valence-corrected chi connectivity index (χ4v) is 5.19. The average Bonchev–Trinajstić information content (AvgIpc) is 3.24. The number of nitrogens with zero attached hydrogens (tertiary/aromatic N) is 5. The third kappa shape index (κ3) is 6.06. The van der Waals surface area contributed by atoms with Crippen LogP contribution in [-0.4, -0.2) is 46.2 Å². The Bertz CT molecular complexity index is 1880. The number of nitrogens with two attached hydrogens (primary N) is 1. The standard InChI is InChI=1S/C27H26N8O4S.ClH/c1-16-8-9-17(14-23(16)40(28,38)39)30-26-29-13-12-24(33-26)34(2)18-10-11-22-21(15-18)31-25(35(22)3)19-6-4-5-7-20(19)32-27(36)37;/h4-15,32H,1-3H3,(H,36,37)(H2,28,38,39)(H,29,30,33);1H. The average molecular weight is 595 g/mol. The molecule has 0 aliphatic heterocycles. The van der Waals surface area contributed by atoms with Crippen molar-refractivity contribution in [1.82, 2.24) is 19.5 Å². The molecule has 5 aromatic rings. The quantitative estimate of drug-likeness (QED) is 0.202. The number of carbonyl (C=O) groups is 1. The van der Waals surface area contributed by atoms with E-state index in [0.29, 0.717) is 34.1 Å². The molecule has 2 heterocycles. The highest BCUT2D eigenvalue weighted by molar-refractivity contribution is 7.89. The number of hydrogen-bond donors (Lipinski definition) is 4. The van der Waals surface area contributed by atoms with E-state index in [0.717, 1.165) is 16.7 Å². The van der Waals surface area contributed by atoms with Gasteiger partial charge in [-0.05, 0) is 61.0 Å². The van der Waals surface area contributed by atoms with Crippen molar-refractivity contribution in [2.24, 2.45) is 12.2 Å².